The molecular weight excluding hydrogens is 454 g/mol. The monoisotopic (exact) mass is 486 g/mol. The lowest BCUT2D eigenvalue weighted by molar-refractivity contribution is -0.138. The maximum Gasteiger partial charge on any atom is 0.260 e. The second-order valence-electron chi connectivity index (χ2n) is 8.30. The number of benzene rings is 1. The van der Waals surface area contributed by atoms with E-state index in [0.29, 0.717) is 60.9 Å². The first-order chi connectivity index (χ1) is 18.3. The number of fused-ring (bicyclic) bond motifs is 5. The first kappa shape index (κ1) is 19.7. The molecule has 0 unspecified atom stereocenters. The molecule has 4 bridgehead atoms. The van der Waals surface area contributed by atoms with Crippen LogP contribution in [0.2, 0.25) is 0 Å². The Labute approximate surface area is 207 Å². The quantitative estimate of drug-likeness (QED) is 0.522. The van der Waals surface area contributed by atoms with Crippen LogP contribution in [0.15, 0.2) is 30.6 Å². The zero-order valence-corrected chi connectivity index (χ0v) is 19.5. The number of carbonyl (C=O) groups excluding carboxylic acids is 1. The summed E-state index contributed by atoms with van der Waals surface area (Å²) in [5.74, 6) is 0.661. The Hall–Kier alpha value is -3.57. The van der Waals surface area contributed by atoms with Crippen molar-refractivity contribution >= 4 is 17.2 Å². The summed E-state index contributed by atoms with van der Waals surface area (Å²) < 4.78 is 51.8. The number of ether oxygens (including phenoxy) is 5. The molecule has 0 radical (unpaired) electrons. The van der Waals surface area contributed by atoms with Crippen LogP contribution in [0.25, 0.3) is 16.8 Å². The molecule has 11 nitrogen and oxygen atoms in total. The van der Waals surface area contributed by atoms with E-state index < -0.39 is 13.1 Å². The summed E-state index contributed by atoms with van der Waals surface area (Å²) in [6, 6.07) is 4.82. The van der Waals surface area contributed by atoms with Gasteiger partial charge in [-0.25, -0.2) is 4.52 Å². The third-order valence-corrected chi connectivity index (χ3v) is 6.17. The third-order valence-electron chi connectivity index (χ3n) is 6.17. The first-order valence-corrected chi connectivity index (χ1v) is 11.3. The van der Waals surface area contributed by atoms with Gasteiger partial charge < -0.3 is 33.9 Å². The molecule has 0 aliphatic carbocycles. The number of rotatable bonds is 6. The number of hydrogen-bond acceptors (Lipinski definition) is 9. The van der Waals surface area contributed by atoms with Crippen LogP contribution >= 0.6 is 0 Å². The average molecular weight is 487 g/mol. The highest BCUT2D eigenvalue weighted by atomic mass is 16.5. The minimum atomic E-state index is -2.63. The molecule has 0 saturated carbocycles. The first-order valence-electron chi connectivity index (χ1n) is 12.8. The SMILES string of the molecule is [2H]C([2H])([2H])Oc1cc2cc(c1)-c1cnn3cc(OC)c(nc13)OC[C@@H]1C[C@@H](OCCOC)C(=O)N1CCN2. The van der Waals surface area contributed by atoms with Crippen molar-refractivity contribution in [3.8, 4) is 28.5 Å². The summed E-state index contributed by atoms with van der Waals surface area (Å²) in [4.78, 5) is 19.6. The summed E-state index contributed by atoms with van der Waals surface area (Å²) in [5, 5.41) is 7.68. The van der Waals surface area contributed by atoms with Gasteiger partial charge in [-0.1, -0.05) is 0 Å². The Kier molecular flexibility index (Phi) is 5.61. The van der Waals surface area contributed by atoms with Crippen LogP contribution < -0.4 is 19.5 Å². The molecule has 1 fully saturated rings. The highest BCUT2D eigenvalue weighted by Crippen LogP contribution is 2.34. The van der Waals surface area contributed by atoms with Gasteiger partial charge in [0.1, 0.15) is 18.5 Å². The fourth-order valence-corrected chi connectivity index (χ4v) is 4.44. The van der Waals surface area contributed by atoms with E-state index in [1.807, 2.05) is 6.07 Å². The van der Waals surface area contributed by atoms with E-state index in [-0.39, 0.29) is 30.2 Å². The molecule has 186 valence electrons. The van der Waals surface area contributed by atoms with Crippen molar-refractivity contribution in [2.45, 2.75) is 18.6 Å². The minimum absolute atomic E-state index is 0.128. The standard InChI is InChI=1S/C24H29N5O6/c1-31-6-7-34-20-11-17-14-35-23-21(33-3)13-29-22(27-23)19(12-26-29)15-8-16(10-18(9-15)32-2)25-4-5-28(17)24(20)30/h8-10,12-13,17,20,25H,4-7,11,14H2,1-3H3/t17-,20+/m0/s1/i2D3. The van der Waals surface area contributed by atoms with Crippen molar-refractivity contribution < 1.29 is 32.6 Å². The summed E-state index contributed by atoms with van der Waals surface area (Å²) >= 11 is 0. The Bertz CT molecular complexity index is 1320. The van der Waals surface area contributed by atoms with Crippen molar-refractivity contribution in [2.75, 3.05) is 59.5 Å². The van der Waals surface area contributed by atoms with E-state index in [0.717, 1.165) is 0 Å². The van der Waals surface area contributed by atoms with E-state index in [2.05, 4.69) is 15.4 Å². The largest absolute Gasteiger partial charge is 0.497 e. The molecule has 1 N–H and O–H groups in total. The van der Waals surface area contributed by atoms with Crippen LogP contribution in [0.5, 0.6) is 17.4 Å². The van der Waals surface area contributed by atoms with Crippen LogP contribution in [0.4, 0.5) is 5.69 Å². The summed E-state index contributed by atoms with van der Waals surface area (Å²) in [5.41, 5.74) is 2.40. The lowest BCUT2D eigenvalue weighted by atomic mass is 10.1. The zero-order chi connectivity index (χ0) is 26.9. The van der Waals surface area contributed by atoms with Gasteiger partial charge >= 0.3 is 0 Å². The van der Waals surface area contributed by atoms with Gasteiger partial charge in [0.15, 0.2) is 11.4 Å². The number of nitrogens with zero attached hydrogens (tertiary/aromatic N) is 4. The molecule has 1 aromatic carbocycles. The van der Waals surface area contributed by atoms with Crippen molar-refractivity contribution in [1.29, 1.82) is 0 Å². The molecule has 2 atom stereocenters. The maximum absolute atomic E-state index is 13.2. The van der Waals surface area contributed by atoms with Gasteiger partial charge in [-0.15, -0.1) is 0 Å². The number of carbonyl (C=O) groups is 1. The molecular formula is C24H29N5O6. The van der Waals surface area contributed by atoms with E-state index >= 15 is 0 Å². The van der Waals surface area contributed by atoms with E-state index in [4.69, 9.17) is 27.8 Å². The molecule has 2 aromatic heterocycles. The lowest BCUT2D eigenvalue weighted by Gasteiger charge is -2.25. The number of aromatic nitrogens is 3. The number of anilines is 1. The lowest BCUT2D eigenvalue weighted by Crippen LogP contribution is -2.41. The van der Waals surface area contributed by atoms with Gasteiger partial charge in [-0.3, -0.25) is 4.79 Å². The Morgan fingerprint density at radius 3 is 3.00 bits per heavy atom. The van der Waals surface area contributed by atoms with E-state index in [1.165, 1.54) is 7.11 Å². The molecule has 2 aliphatic rings. The zero-order valence-electron chi connectivity index (χ0n) is 22.5. The highest BCUT2D eigenvalue weighted by Gasteiger charge is 2.40. The molecule has 1 amide bonds. The fourth-order valence-electron chi connectivity index (χ4n) is 4.44. The van der Waals surface area contributed by atoms with E-state index in [1.54, 1.807) is 41.1 Å². The van der Waals surface area contributed by atoms with Crippen LogP contribution in [-0.4, -0.2) is 91.7 Å². The Morgan fingerprint density at radius 1 is 1.26 bits per heavy atom. The normalized spacial score (nSPS) is 21.4. The van der Waals surface area contributed by atoms with Gasteiger partial charge in [0, 0.05) is 43.9 Å². The van der Waals surface area contributed by atoms with E-state index in [9.17, 15) is 4.79 Å². The summed E-state index contributed by atoms with van der Waals surface area (Å²) in [6.45, 7) is 1.67. The van der Waals surface area contributed by atoms with Gasteiger partial charge in [0.05, 0.1) is 49.9 Å². The number of amides is 1. The minimum Gasteiger partial charge on any atom is -0.497 e. The van der Waals surface area contributed by atoms with Gasteiger partial charge in [0.2, 0.25) is 0 Å². The Morgan fingerprint density at radius 2 is 2.17 bits per heavy atom. The molecule has 0 spiro atoms. The van der Waals surface area contributed by atoms with Crippen LogP contribution in [-0.2, 0) is 14.3 Å². The number of hydrogen-bond donors (Lipinski definition) is 1. The second-order valence-corrected chi connectivity index (χ2v) is 8.30. The van der Waals surface area contributed by atoms with Gasteiger partial charge in [-0.05, 0) is 17.7 Å². The summed E-state index contributed by atoms with van der Waals surface area (Å²) in [6.07, 6.45) is 3.14. The third kappa shape index (κ3) is 4.56. The molecule has 5 rings (SSSR count). The van der Waals surface area contributed by atoms with Gasteiger partial charge in [0.25, 0.3) is 11.8 Å². The Balaban J connectivity index is 1.54. The van der Waals surface area contributed by atoms with Crippen LogP contribution in [0.1, 0.15) is 10.5 Å². The number of methoxy groups -OCH3 is 3. The molecule has 1 saturated heterocycles. The molecule has 4 heterocycles. The van der Waals surface area contributed by atoms with Gasteiger partial charge in [-0.2, -0.15) is 10.1 Å². The number of nitrogens with one attached hydrogen (secondary N) is 1. The fraction of sp³-hybridized carbons (Fsp3) is 0.458. The highest BCUT2D eigenvalue weighted by molar-refractivity contribution is 5.84. The van der Waals surface area contributed by atoms with Crippen LogP contribution in [0, 0.1) is 0 Å². The average Bonchev–Trinajstić information content (AvgIpc) is 3.41. The summed E-state index contributed by atoms with van der Waals surface area (Å²) in [7, 11) is 0.461. The molecule has 11 heteroatoms. The second kappa shape index (κ2) is 9.96. The predicted octanol–water partition coefficient (Wildman–Crippen LogP) is 1.85. The smallest absolute Gasteiger partial charge is 0.260 e. The van der Waals surface area contributed by atoms with Crippen molar-refractivity contribution in [3.63, 3.8) is 0 Å². The molecule has 35 heavy (non-hydrogen) atoms. The topological polar surface area (TPSA) is 109 Å². The maximum atomic E-state index is 13.2. The molecule has 2 aliphatic heterocycles. The van der Waals surface area contributed by atoms with Crippen LogP contribution in [0.3, 0.4) is 0 Å². The predicted molar refractivity (Wildman–Crippen MR) is 127 cm³/mol. The van der Waals surface area contributed by atoms with Crippen molar-refractivity contribution in [1.82, 2.24) is 19.5 Å². The van der Waals surface area contributed by atoms with Crippen molar-refractivity contribution in [2.24, 2.45) is 0 Å². The molecule has 3 aromatic rings. The van der Waals surface area contributed by atoms with Crippen molar-refractivity contribution in [3.05, 3.63) is 30.6 Å².